The second-order valence-corrected chi connectivity index (χ2v) is 5.48. The fourth-order valence-corrected chi connectivity index (χ4v) is 2.92. The summed E-state index contributed by atoms with van der Waals surface area (Å²) in [6.45, 7) is 0.589. The number of benzene rings is 1. The summed E-state index contributed by atoms with van der Waals surface area (Å²) in [5, 5.41) is 1.46. The Morgan fingerprint density at radius 3 is 2.94 bits per heavy atom. The van der Waals surface area contributed by atoms with E-state index in [1.807, 2.05) is 6.07 Å². The minimum Gasteiger partial charge on any atom is -0.383 e. The molecule has 2 aromatic rings. The van der Waals surface area contributed by atoms with E-state index in [-0.39, 0.29) is 11.4 Å². The van der Waals surface area contributed by atoms with Gasteiger partial charge in [-0.2, -0.15) is 0 Å². The van der Waals surface area contributed by atoms with Crippen LogP contribution in [0.1, 0.15) is 0 Å². The Kier molecular flexibility index (Phi) is 3.90. The van der Waals surface area contributed by atoms with Crippen LogP contribution in [0.15, 0.2) is 41.6 Å². The number of nitrogens with zero attached hydrogens (tertiary/aromatic N) is 1. The Balaban J connectivity index is 2.41. The molecule has 0 saturated carbocycles. The summed E-state index contributed by atoms with van der Waals surface area (Å²) in [5.41, 5.74) is 0. The lowest BCUT2D eigenvalue weighted by Crippen LogP contribution is -2.27. The number of fused-ring (bicyclic) bond motifs is 1. The van der Waals surface area contributed by atoms with E-state index in [1.165, 1.54) is 7.11 Å². The lowest BCUT2D eigenvalue weighted by molar-refractivity contribution is 0.204. The number of ether oxygens (including phenoxy) is 1. The molecular weight excluding hydrogens is 252 g/mol. The maximum Gasteiger partial charge on any atom is 0.241 e. The van der Waals surface area contributed by atoms with E-state index in [1.54, 1.807) is 30.6 Å². The van der Waals surface area contributed by atoms with Gasteiger partial charge in [0.1, 0.15) is 0 Å². The van der Waals surface area contributed by atoms with E-state index in [2.05, 4.69) is 9.71 Å². The summed E-state index contributed by atoms with van der Waals surface area (Å²) in [6, 6.07) is 6.81. The summed E-state index contributed by atoms with van der Waals surface area (Å²) in [7, 11) is -1.99. The van der Waals surface area contributed by atoms with Gasteiger partial charge in [0.25, 0.3) is 0 Å². The SMILES string of the molecule is COCCNS(=O)(=O)c1cccc2cnccc12. The van der Waals surface area contributed by atoms with Crippen LogP contribution in [0.4, 0.5) is 0 Å². The maximum atomic E-state index is 12.1. The Morgan fingerprint density at radius 1 is 1.33 bits per heavy atom. The number of hydrogen-bond donors (Lipinski definition) is 1. The Hall–Kier alpha value is -1.50. The molecule has 1 heterocycles. The monoisotopic (exact) mass is 266 g/mol. The van der Waals surface area contributed by atoms with Gasteiger partial charge in [0, 0.05) is 36.8 Å². The minimum absolute atomic E-state index is 0.250. The molecule has 96 valence electrons. The first kappa shape index (κ1) is 12.9. The smallest absolute Gasteiger partial charge is 0.241 e. The van der Waals surface area contributed by atoms with E-state index in [0.29, 0.717) is 12.0 Å². The highest BCUT2D eigenvalue weighted by Crippen LogP contribution is 2.21. The van der Waals surface area contributed by atoms with E-state index in [4.69, 9.17) is 4.74 Å². The maximum absolute atomic E-state index is 12.1. The van der Waals surface area contributed by atoms with Crippen LogP contribution in [0.25, 0.3) is 10.8 Å². The number of hydrogen-bond acceptors (Lipinski definition) is 4. The van der Waals surface area contributed by atoms with Crippen molar-refractivity contribution in [1.29, 1.82) is 0 Å². The molecule has 1 aromatic carbocycles. The topological polar surface area (TPSA) is 68.3 Å². The minimum atomic E-state index is -3.52. The molecular formula is C12H14N2O3S. The van der Waals surface area contributed by atoms with E-state index in [0.717, 1.165) is 5.39 Å². The lowest BCUT2D eigenvalue weighted by Gasteiger charge is -2.08. The summed E-state index contributed by atoms with van der Waals surface area (Å²) in [4.78, 5) is 4.24. The molecule has 1 aromatic heterocycles. The van der Waals surface area contributed by atoms with Gasteiger partial charge in [-0.15, -0.1) is 0 Å². The van der Waals surface area contributed by atoms with Crippen LogP contribution in [-0.2, 0) is 14.8 Å². The van der Waals surface area contributed by atoms with Crippen LogP contribution in [0.2, 0.25) is 0 Å². The fourth-order valence-electron chi connectivity index (χ4n) is 1.68. The first-order chi connectivity index (χ1) is 8.65. The number of methoxy groups -OCH3 is 1. The Bertz CT molecular complexity index is 635. The Labute approximate surface area is 106 Å². The average Bonchev–Trinajstić information content (AvgIpc) is 2.38. The number of nitrogens with one attached hydrogen (secondary N) is 1. The van der Waals surface area contributed by atoms with Gasteiger partial charge in [0.2, 0.25) is 10.0 Å². The standard InChI is InChI=1S/C12H14N2O3S/c1-17-8-7-14-18(15,16)12-4-2-3-10-9-13-6-5-11(10)12/h2-6,9,14H,7-8H2,1H3. The third kappa shape index (κ3) is 2.66. The van der Waals surface area contributed by atoms with E-state index < -0.39 is 10.0 Å². The Morgan fingerprint density at radius 2 is 2.17 bits per heavy atom. The van der Waals surface area contributed by atoms with Crippen molar-refractivity contribution >= 4 is 20.8 Å². The molecule has 2 rings (SSSR count). The molecule has 6 heteroatoms. The predicted molar refractivity (Wildman–Crippen MR) is 68.8 cm³/mol. The van der Waals surface area contributed by atoms with Gasteiger partial charge in [-0.05, 0) is 12.1 Å². The predicted octanol–water partition coefficient (Wildman–Crippen LogP) is 1.16. The summed E-state index contributed by atoms with van der Waals surface area (Å²) in [5.74, 6) is 0. The van der Waals surface area contributed by atoms with Crippen LogP contribution >= 0.6 is 0 Å². The van der Waals surface area contributed by atoms with Crippen molar-refractivity contribution < 1.29 is 13.2 Å². The van der Waals surface area contributed by atoms with Crippen molar-refractivity contribution in [2.24, 2.45) is 0 Å². The number of rotatable bonds is 5. The van der Waals surface area contributed by atoms with Crippen molar-refractivity contribution in [2.75, 3.05) is 20.3 Å². The lowest BCUT2D eigenvalue weighted by atomic mass is 10.2. The third-order valence-corrected chi connectivity index (χ3v) is 4.05. The molecule has 0 radical (unpaired) electrons. The first-order valence-electron chi connectivity index (χ1n) is 5.46. The molecule has 0 fully saturated rings. The second-order valence-electron chi connectivity index (χ2n) is 3.74. The molecule has 0 aliphatic rings. The molecule has 0 bridgehead atoms. The average molecular weight is 266 g/mol. The molecule has 0 aliphatic heterocycles. The van der Waals surface area contributed by atoms with E-state index in [9.17, 15) is 8.42 Å². The van der Waals surface area contributed by atoms with Gasteiger partial charge in [-0.3, -0.25) is 4.98 Å². The molecule has 0 saturated heterocycles. The summed E-state index contributed by atoms with van der Waals surface area (Å²) >= 11 is 0. The van der Waals surface area contributed by atoms with Crippen LogP contribution < -0.4 is 4.72 Å². The zero-order valence-electron chi connectivity index (χ0n) is 9.96. The molecule has 1 N–H and O–H groups in total. The van der Waals surface area contributed by atoms with Crippen LogP contribution in [0.3, 0.4) is 0 Å². The molecule has 18 heavy (non-hydrogen) atoms. The summed E-state index contributed by atoms with van der Waals surface area (Å²) in [6.07, 6.45) is 3.22. The largest absolute Gasteiger partial charge is 0.383 e. The normalized spacial score (nSPS) is 11.8. The van der Waals surface area contributed by atoms with Crippen molar-refractivity contribution in [3.05, 3.63) is 36.7 Å². The van der Waals surface area contributed by atoms with Crippen molar-refractivity contribution in [3.8, 4) is 0 Å². The number of pyridine rings is 1. The van der Waals surface area contributed by atoms with Gasteiger partial charge in [0.15, 0.2) is 0 Å². The molecule has 5 nitrogen and oxygen atoms in total. The van der Waals surface area contributed by atoms with Crippen molar-refractivity contribution in [3.63, 3.8) is 0 Å². The highest BCUT2D eigenvalue weighted by atomic mass is 32.2. The van der Waals surface area contributed by atoms with Gasteiger partial charge < -0.3 is 4.74 Å². The van der Waals surface area contributed by atoms with Gasteiger partial charge in [0.05, 0.1) is 11.5 Å². The quantitative estimate of drug-likeness (QED) is 0.825. The van der Waals surface area contributed by atoms with Crippen LogP contribution in [-0.4, -0.2) is 33.7 Å². The van der Waals surface area contributed by atoms with E-state index >= 15 is 0 Å². The third-order valence-electron chi connectivity index (χ3n) is 2.53. The second kappa shape index (κ2) is 5.43. The van der Waals surface area contributed by atoms with Gasteiger partial charge >= 0.3 is 0 Å². The van der Waals surface area contributed by atoms with Gasteiger partial charge in [-0.1, -0.05) is 12.1 Å². The molecule has 0 amide bonds. The zero-order chi connectivity index (χ0) is 13.0. The molecule has 0 atom stereocenters. The van der Waals surface area contributed by atoms with Crippen molar-refractivity contribution in [2.45, 2.75) is 4.90 Å². The first-order valence-corrected chi connectivity index (χ1v) is 6.95. The molecule has 0 unspecified atom stereocenters. The van der Waals surface area contributed by atoms with Crippen LogP contribution in [0, 0.1) is 0 Å². The fraction of sp³-hybridized carbons (Fsp3) is 0.250. The molecule has 0 spiro atoms. The number of aromatic nitrogens is 1. The summed E-state index contributed by atoms with van der Waals surface area (Å²) < 4.78 is 31.6. The van der Waals surface area contributed by atoms with Crippen LogP contribution in [0.5, 0.6) is 0 Å². The van der Waals surface area contributed by atoms with Crippen molar-refractivity contribution in [1.82, 2.24) is 9.71 Å². The highest BCUT2D eigenvalue weighted by Gasteiger charge is 2.16. The zero-order valence-corrected chi connectivity index (χ0v) is 10.8. The number of sulfonamides is 1. The highest BCUT2D eigenvalue weighted by molar-refractivity contribution is 7.89. The van der Waals surface area contributed by atoms with Gasteiger partial charge in [-0.25, -0.2) is 13.1 Å². The molecule has 0 aliphatic carbocycles.